The first-order valence-electron chi connectivity index (χ1n) is 9.42. The monoisotopic (exact) mass is 376 g/mol. The van der Waals surface area contributed by atoms with E-state index < -0.39 is 0 Å². The van der Waals surface area contributed by atoms with E-state index in [0.717, 1.165) is 25.1 Å². The van der Waals surface area contributed by atoms with Crippen molar-refractivity contribution in [1.29, 1.82) is 0 Å². The molecule has 1 unspecified atom stereocenters. The van der Waals surface area contributed by atoms with Gasteiger partial charge in [-0.2, -0.15) is 0 Å². The summed E-state index contributed by atoms with van der Waals surface area (Å²) in [5.41, 5.74) is 20.1. The SMILES string of the molecule is Cc1cccc(CNCCC(c2ccccc2)c2cc(N)nc(NN)c2N)c1. The summed E-state index contributed by atoms with van der Waals surface area (Å²) < 4.78 is 0. The third kappa shape index (κ3) is 4.79. The second-order valence-electron chi connectivity index (χ2n) is 6.96. The highest BCUT2D eigenvalue weighted by molar-refractivity contribution is 5.70. The molecule has 28 heavy (non-hydrogen) atoms. The summed E-state index contributed by atoms with van der Waals surface area (Å²) in [6.45, 7) is 3.77. The minimum Gasteiger partial charge on any atom is -0.395 e. The van der Waals surface area contributed by atoms with Crippen LogP contribution in [0.15, 0.2) is 60.7 Å². The van der Waals surface area contributed by atoms with Gasteiger partial charge in [0.1, 0.15) is 5.82 Å². The summed E-state index contributed by atoms with van der Waals surface area (Å²) in [4.78, 5) is 4.17. The first-order chi connectivity index (χ1) is 13.6. The molecule has 0 fully saturated rings. The Morgan fingerprint density at radius 1 is 1.00 bits per heavy atom. The fourth-order valence-corrected chi connectivity index (χ4v) is 3.48. The molecule has 1 atom stereocenters. The molecule has 3 aromatic rings. The Balaban J connectivity index is 1.78. The highest BCUT2D eigenvalue weighted by atomic mass is 15.3. The first kappa shape index (κ1) is 19.7. The lowest BCUT2D eigenvalue weighted by Gasteiger charge is -2.22. The van der Waals surface area contributed by atoms with E-state index in [1.54, 1.807) is 0 Å². The summed E-state index contributed by atoms with van der Waals surface area (Å²) >= 11 is 0. The van der Waals surface area contributed by atoms with Crippen LogP contribution in [0.25, 0.3) is 0 Å². The molecule has 146 valence electrons. The molecule has 0 saturated carbocycles. The molecule has 6 heteroatoms. The number of hydrazine groups is 1. The van der Waals surface area contributed by atoms with Crippen molar-refractivity contribution < 1.29 is 0 Å². The Kier molecular flexibility index (Phi) is 6.47. The molecule has 0 spiro atoms. The normalized spacial score (nSPS) is 11.9. The summed E-state index contributed by atoms with van der Waals surface area (Å²) in [7, 11) is 0. The van der Waals surface area contributed by atoms with Gasteiger partial charge in [0.15, 0.2) is 5.82 Å². The van der Waals surface area contributed by atoms with E-state index in [0.29, 0.717) is 17.3 Å². The summed E-state index contributed by atoms with van der Waals surface area (Å²) in [6, 6.07) is 20.7. The number of hydrogen-bond donors (Lipinski definition) is 5. The van der Waals surface area contributed by atoms with Crippen molar-refractivity contribution in [2.75, 3.05) is 23.4 Å². The number of nitrogens with zero attached hydrogens (tertiary/aromatic N) is 1. The van der Waals surface area contributed by atoms with Gasteiger partial charge < -0.3 is 22.2 Å². The average Bonchev–Trinajstić information content (AvgIpc) is 2.70. The predicted octanol–water partition coefficient (Wildman–Crippen LogP) is 3.15. The Morgan fingerprint density at radius 2 is 1.79 bits per heavy atom. The van der Waals surface area contributed by atoms with Gasteiger partial charge in [-0.3, -0.25) is 0 Å². The minimum absolute atomic E-state index is 0.0867. The second kappa shape index (κ2) is 9.21. The second-order valence-corrected chi connectivity index (χ2v) is 6.96. The first-order valence-corrected chi connectivity index (χ1v) is 9.42. The van der Waals surface area contributed by atoms with Crippen molar-refractivity contribution >= 4 is 17.3 Å². The van der Waals surface area contributed by atoms with Crippen LogP contribution >= 0.6 is 0 Å². The quantitative estimate of drug-likeness (QED) is 0.234. The van der Waals surface area contributed by atoms with Crippen molar-refractivity contribution in [1.82, 2.24) is 10.3 Å². The largest absolute Gasteiger partial charge is 0.395 e. The molecule has 0 radical (unpaired) electrons. The molecule has 0 aliphatic heterocycles. The fraction of sp³-hybridized carbons (Fsp3) is 0.227. The maximum absolute atomic E-state index is 6.33. The van der Waals surface area contributed by atoms with E-state index >= 15 is 0 Å². The Bertz CT molecular complexity index is 910. The van der Waals surface area contributed by atoms with Crippen molar-refractivity contribution in [2.24, 2.45) is 5.84 Å². The lowest BCUT2D eigenvalue weighted by atomic mass is 9.87. The van der Waals surface area contributed by atoms with Crippen molar-refractivity contribution in [3.8, 4) is 0 Å². The molecule has 6 nitrogen and oxygen atoms in total. The van der Waals surface area contributed by atoms with Crippen molar-refractivity contribution in [3.63, 3.8) is 0 Å². The van der Waals surface area contributed by atoms with Crippen LogP contribution in [0, 0.1) is 6.92 Å². The third-order valence-electron chi connectivity index (χ3n) is 4.85. The zero-order valence-electron chi connectivity index (χ0n) is 16.2. The number of aryl methyl sites for hydroxylation is 1. The summed E-state index contributed by atoms with van der Waals surface area (Å²) in [5.74, 6) is 6.45. The topological polar surface area (TPSA) is 115 Å². The molecule has 3 rings (SSSR count). The number of benzene rings is 2. The summed E-state index contributed by atoms with van der Waals surface area (Å²) in [6.07, 6.45) is 0.869. The van der Waals surface area contributed by atoms with Gasteiger partial charge >= 0.3 is 0 Å². The smallest absolute Gasteiger partial charge is 0.165 e. The molecular weight excluding hydrogens is 348 g/mol. The minimum atomic E-state index is 0.0867. The third-order valence-corrected chi connectivity index (χ3v) is 4.85. The van der Waals surface area contributed by atoms with Crippen LogP contribution < -0.4 is 28.1 Å². The van der Waals surface area contributed by atoms with Crippen molar-refractivity contribution in [2.45, 2.75) is 25.8 Å². The highest BCUT2D eigenvalue weighted by Crippen LogP contribution is 2.35. The van der Waals surface area contributed by atoms with Crippen LogP contribution in [0.3, 0.4) is 0 Å². The van der Waals surface area contributed by atoms with Gasteiger partial charge in [0.2, 0.25) is 0 Å². The van der Waals surface area contributed by atoms with Crippen molar-refractivity contribution in [3.05, 3.63) is 82.9 Å². The van der Waals surface area contributed by atoms with Gasteiger partial charge in [-0.05, 0) is 42.6 Å². The lowest BCUT2D eigenvalue weighted by molar-refractivity contribution is 0.612. The predicted molar refractivity (Wildman–Crippen MR) is 117 cm³/mol. The number of nitrogens with two attached hydrogens (primary N) is 3. The van der Waals surface area contributed by atoms with Gasteiger partial charge in [0.05, 0.1) is 5.69 Å². The van der Waals surface area contributed by atoms with Crippen LogP contribution in [0.4, 0.5) is 17.3 Å². The van der Waals surface area contributed by atoms with E-state index in [4.69, 9.17) is 17.3 Å². The average molecular weight is 377 g/mol. The summed E-state index contributed by atoms with van der Waals surface area (Å²) in [5, 5.41) is 3.53. The standard InChI is InChI=1S/C22H28N6/c1-15-6-5-7-16(12-15)14-26-11-10-18(17-8-3-2-4-9-17)19-13-20(23)27-22(28-25)21(19)24/h2-9,12-13,18,26H,10-11,14,24-25H2,1H3,(H3,23,27,28). The lowest BCUT2D eigenvalue weighted by Crippen LogP contribution is -2.19. The Morgan fingerprint density at radius 3 is 2.50 bits per heavy atom. The molecule has 0 bridgehead atoms. The van der Waals surface area contributed by atoms with Crippen LogP contribution in [0.5, 0.6) is 0 Å². The molecule has 8 N–H and O–H groups in total. The zero-order valence-corrected chi connectivity index (χ0v) is 16.2. The van der Waals surface area contributed by atoms with Gasteiger partial charge in [0.25, 0.3) is 0 Å². The van der Waals surface area contributed by atoms with E-state index in [9.17, 15) is 0 Å². The van der Waals surface area contributed by atoms with Crippen LogP contribution in [0.1, 0.15) is 34.6 Å². The molecule has 1 aromatic heterocycles. The molecular formula is C22H28N6. The number of hydrogen-bond acceptors (Lipinski definition) is 6. The highest BCUT2D eigenvalue weighted by Gasteiger charge is 2.19. The number of nitrogens with one attached hydrogen (secondary N) is 2. The van der Waals surface area contributed by atoms with E-state index in [1.807, 2.05) is 24.3 Å². The van der Waals surface area contributed by atoms with Gasteiger partial charge in [0, 0.05) is 12.5 Å². The van der Waals surface area contributed by atoms with E-state index in [1.165, 1.54) is 16.7 Å². The fourth-order valence-electron chi connectivity index (χ4n) is 3.48. The zero-order chi connectivity index (χ0) is 19.9. The molecule has 0 aliphatic carbocycles. The van der Waals surface area contributed by atoms with E-state index in [2.05, 4.69) is 59.0 Å². The number of pyridine rings is 1. The maximum atomic E-state index is 6.33. The number of rotatable bonds is 8. The van der Waals surface area contributed by atoms with Crippen LogP contribution in [-0.4, -0.2) is 11.5 Å². The number of nitrogen functional groups attached to an aromatic ring is 3. The number of aromatic nitrogens is 1. The van der Waals surface area contributed by atoms with Gasteiger partial charge in [-0.15, -0.1) is 0 Å². The van der Waals surface area contributed by atoms with Crippen LogP contribution in [-0.2, 0) is 6.54 Å². The molecule has 0 amide bonds. The van der Waals surface area contributed by atoms with Gasteiger partial charge in [-0.1, -0.05) is 60.2 Å². The molecule has 1 heterocycles. The maximum Gasteiger partial charge on any atom is 0.165 e. The molecule has 2 aromatic carbocycles. The Labute approximate surface area is 166 Å². The molecule has 0 aliphatic rings. The molecule has 0 saturated heterocycles. The Hall–Kier alpha value is -3.09. The van der Waals surface area contributed by atoms with Gasteiger partial charge in [-0.25, -0.2) is 10.8 Å². The van der Waals surface area contributed by atoms with E-state index in [-0.39, 0.29) is 5.92 Å². The van der Waals surface area contributed by atoms with Crippen LogP contribution in [0.2, 0.25) is 0 Å². The number of anilines is 3.